The lowest BCUT2D eigenvalue weighted by Gasteiger charge is -2.02. The maximum absolute atomic E-state index is 11.3. The summed E-state index contributed by atoms with van der Waals surface area (Å²) in [5.74, 6) is -1.37. The van der Waals surface area contributed by atoms with Gasteiger partial charge in [0, 0.05) is 6.54 Å². The average Bonchev–Trinajstić information content (AvgIpc) is 3.02. The monoisotopic (exact) mass is 229 g/mol. The van der Waals surface area contributed by atoms with Crippen molar-refractivity contribution in [2.24, 2.45) is 0 Å². The van der Waals surface area contributed by atoms with Gasteiger partial charge >= 0.3 is 5.97 Å². The lowest BCUT2D eigenvalue weighted by Crippen LogP contribution is -2.31. The van der Waals surface area contributed by atoms with Gasteiger partial charge in [0.05, 0.1) is 0 Å². The summed E-state index contributed by atoms with van der Waals surface area (Å²) in [4.78, 5) is 21.7. The van der Waals surface area contributed by atoms with Crippen LogP contribution in [0.4, 0.5) is 0 Å². The number of hydrogen-bond acceptors (Lipinski definition) is 3. The summed E-state index contributed by atoms with van der Waals surface area (Å²) in [6.07, 6.45) is 3.94. The third-order valence-corrected chi connectivity index (χ3v) is 2.57. The SMILES string of the molecule is CCCCCCCNC(=O)C1OC1C(=O)O. The first kappa shape index (κ1) is 13.0. The Bertz CT molecular complexity index is 254. The van der Waals surface area contributed by atoms with Crippen molar-refractivity contribution < 1.29 is 19.4 Å². The lowest BCUT2D eigenvalue weighted by atomic mass is 10.1. The van der Waals surface area contributed by atoms with E-state index in [4.69, 9.17) is 9.84 Å². The van der Waals surface area contributed by atoms with Crippen LogP contribution in [0.3, 0.4) is 0 Å². The van der Waals surface area contributed by atoms with Gasteiger partial charge in [0.25, 0.3) is 5.91 Å². The van der Waals surface area contributed by atoms with Gasteiger partial charge in [-0.25, -0.2) is 4.79 Å². The number of epoxide rings is 1. The van der Waals surface area contributed by atoms with E-state index in [1.807, 2.05) is 0 Å². The van der Waals surface area contributed by atoms with Crippen molar-refractivity contribution in [2.75, 3.05) is 6.54 Å². The minimum atomic E-state index is -1.07. The predicted octanol–water partition coefficient (Wildman–Crippen LogP) is 0.925. The number of carboxylic acid groups (broad SMARTS) is 1. The van der Waals surface area contributed by atoms with Gasteiger partial charge in [0.1, 0.15) is 0 Å². The predicted molar refractivity (Wildman–Crippen MR) is 58.1 cm³/mol. The molecule has 0 aromatic carbocycles. The molecule has 1 heterocycles. The van der Waals surface area contributed by atoms with Crippen LogP contribution >= 0.6 is 0 Å². The van der Waals surface area contributed by atoms with E-state index in [0.29, 0.717) is 6.54 Å². The molecular weight excluding hydrogens is 210 g/mol. The van der Waals surface area contributed by atoms with E-state index in [1.54, 1.807) is 0 Å². The number of unbranched alkanes of at least 4 members (excludes halogenated alkanes) is 4. The highest BCUT2D eigenvalue weighted by Crippen LogP contribution is 2.21. The van der Waals surface area contributed by atoms with Gasteiger partial charge in [0.2, 0.25) is 0 Å². The maximum atomic E-state index is 11.3. The maximum Gasteiger partial charge on any atom is 0.336 e. The van der Waals surface area contributed by atoms with Crippen molar-refractivity contribution >= 4 is 11.9 Å². The van der Waals surface area contributed by atoms with Crippen LogP contribution in [0.2, 0.25) is 0 Å². The standard InChI is InChI=1S/C11H19NO4/c1-2-3-4-5-6-7-12-10(13)8-9(16-8)11(14)15/h8-9H,2-7H2,1H3,(H,12,13)(H,14,15). The number of carboxylic acids is 1. The number of carbonyl (C=O) groups is 2. The topological polar surface area (TPSA) is 78.9 Å². The third kappa shape index (κ3) is 4.18. The summed E-state index contributed by atoms with van der Waals surface area (Å²) in [6.45, 7) is 2.76. The fourth-order valence-electron chi connectivity index (χ4n) is 1.54. The molecule has 2 unspecified atom stereocenters. The zero-order chi connectivity index (χ0) is 12.0. The number of hydrogen-bond donors (Lipinski definition) is 2. The largest absolute Gasteiger partial charge is 0.479 e. The molecule has 5 heteroatoms. The summed E-state index contributed by atoms with van der Waals surface area (Å²) in [7, 11) is 0. The van der Waals surface area contributed by atoms with Crippen LogP contribution in [0.25, 0.3) is 0 Å². The molecular formula is C11H19NO4. The Balaban J connectivity index is 1.98. The van der Waals surface area contributed by atoms with Crippen LogP contribution in [-0.4, -0.2) is 35.7 Å². The van der Waals surface area contributed by atoms with Crippen LogP contribution < -0.4 is 5.32 Å². The first-order valence-corrected chi connectivity index (χ1v) is 5.82. The second kappa shape index (κ2) is 6.48. The van der Waals surface area contributed by atoms with Crippen molar-refractivity contribution in [3.63, 3.8) is 0 Å². The average molecular weight is 229 g/mol. The van der Waals surface area contributed by atoms with Gasteiger partial charge in [-0.2, -0.15) is 0 Å². The molecule has 0 spiro atoms. The first-order valence-electron chi connectivity index (χ1n) is 5.82. The highest BCUT2D eigenvalue weighted by Gasteiger charge is 2.50. The molecule has 0 bridgehead atoms. The van der Waals surface area contributed by atoms with Crippen LogP contribution in [-0.2, 0) is 14.3 Å². The Morgan fingerprint density at radius 3 is 2.44 bits per heavy atom. The zero-order valence-electron chi connectivity index (χ0n) is 9.57. The normalized spacial score (nSPS) is 22.8. The van der Waals surface area contributed by atoms with Gasteiger partial charge in [-0.1, -0.05) is 32.6 Å². The number of carbonyl (C=O) groups excluding carboxylic acids is 1. The molecule has 1 aliphatic heterocycles. The number of ether oxygens (including phenoxy) is 1. The number of rotatable bonds is 8. The summed E-state index contributed by atoms with van der Waals surface area (Å²) >= 11 is 0. The molecule has 2 atom stereocenters. The first-order chi connectivity index (χ1) is 7.66. The second-order valence-corrected chi connectivity index (χ2v) is 4.02. The Labute approximate surface area is 95.2 Å². The van der Waals surface area contributed by atoms with Gasteiger partial charge in [-0.15, -0.1) is 0 Å². The van der Waals surface area contributed by atoms with E-state index in [9.17, 15) is 9.59 Å². The van der Waals surface area contributed by atoms with E-state index in [1.165, 1.54) is 19.3 Å². The fraction of sp³-hybridized carbons (Fsp3) is 0.818. The molecule has 0 aromatic rings. The van der Waals surface area contributed by atoms with Gasteiger partial charge in [0.15, 0.2) is 12.2 Å². The zero-order valence-corrected chi connectivity index (χ0v) is 9.57. The number of aliphatic carboxylic acids is 1. The summed E-state index contributed by atoms with van der Waals surface area (Å²) in [5.41, 5.74) is 0. The Morgan fingerprint density at radius 1 is 1.19 bits per heavy atom. The second-order valence-electron chi connectivity index (χ2n) is 4.02. The highest BCUT2D eigenvalue weighted by molar-refractivity contribution is 5.91. The highest BCUT2D eigenvalue weighted by atomic mass is 16.6. The Kier molecular flexibility index (Phi) is 5.25. The van der Waals surface area contributed by atoms with Crippen molar-refractivity contribution in [1.29, 1.82) is 0 Å². The van der Waals surface area contributed by atoms with E-state index in [-0.39, 0.29) is 5.91 Å². The number of nitrogens with one attached hydrogen (secondary N) is 1. The molecule has 1 rings (SSSR count). The van der Waals surface area contributed by atoms with E-state index in [2.05, 4.69) is 12.2 Å². The molecule has 0 radical (unpaired) electrons. The Hall–Kier alpha value is -1.10. The van der Waals surface area contributed by atoms with Crippen LogP contribution in [0.1, 0.15) is 39.0 Å². The lowest BCUT2D eigenvalue weighted by molar-refractivity contribution is -0.138. The molecule has 0 saturated carbocycles. The molecule has 0 aromatic heterocycles. The summed E-state index contributed by atoms with van der Waals surface area (Å²) in [5, 5.41) is 11.2. The molecule has 1 aliphatic rings. The smallest absolute Gasteiger partial charge is 0.336 e. The molecule has 1 fully saturated rings. The van der Waals surface area contributed by atoms with Crippen LogP contribution in [0.5, 0.6) is 0 Å². The molecule has 1 amide bonds. The van der Waals surface area contributed by atoms with Crippen LogP contribution in [0.15, 0.2) is 0 Å². The molecule has 1 saturated heterocycles. The van der Waals surface area contributed by atoms with E-state index < -0.39 is 18.2 Å². The molecule has 92 valence electrons. The summed E-state index contributed by atoms with van der Waals surface area (Å²) < 4.78 is 4.72. The van der Waals surface area contributed by atoms with Crippen molar-refractivity contribution in [3.8, 4) is 0 Å². The molecule has 5 nitrogen and oxygen atoms in total. The van der Waals surface area contributed by atoms with Crippen LogP contribution in [0, 0.1) is 0 Å². The summed E-state index contributed by atoms with van der Waals surface area (Å²) in [6, 6.07) is 0. The minimum absolute atomic E-state index is 0.303. The Morgan fingerprint density at radius 2 is 1.88 bits per heavy atom. The third-order valence-electron chi connectivity index (χ3n) is 2.57. The van der Waals surface area contributed by atoms with Gasteiger partial charge in [-0.05, 0) is 6.42 Å². The van der Waals surface area contributed by atoms with E-state index in [0.717, 1.165) is 12.8 Å². The van der Waals surface area contributed by atoms with Gasteiger partial charge < -0.3 is 15.2 Å². The molecule has 16 heavy (non-hydrogen) atoms. The van der Waals surface area contributed by atoms with Crippen molar-refractivity contribution in [1.82, 2.24) is 5.32 Å². The molecule has 0 aliphatic carbocycles. The fourth-order valence-corrected chi connectivity index (χ4v) is 1.54. The van der Waals surface area contributed by atoms with Crippen molar-refractivity contribution in [2.45, 2.75) is 51.2 Å². The van der Waals surface area contributed by atoms with Crippen molar-refractivity contribution in [3.05, 3.63) is 0 Å². The van der Waals surface area contributed by atoms with E-state index >= 15 is 0 Å². The number of amides is 1. The molecule has 2 N–H and O–H groups in total. The quantitative estimate of drug-likeness (QED) is 0.479. The minimum Gasteiger partial charge on any atom is -0.479 e. The van der Waals surface area contributed by atoms with Gasteiger partial charge in [-0.3, -0.25) is 4.79 Å².